The van der Waals surface area contributed by atoms with Crippen LogP contribution in [0.25, 0.3) is 0 Å². The summed E-state index contributed by atoms with van der Waals surface area (Å²) < 4.78 is 49.8. The smallest absolute Gasteiger partial charge is 0.390 e. The minimum Gasteiger partial charge on any atom is -0.508 e. The fraction of sp³-hybridized carbons (Fsp3) is 0.600. The highest BCUT2D eigenvalue weighted by Crippen LogP contribution is 2.44. The average molecular weight is 334 g/mol. The number of ether oxygens (including phenoxy) is 2. The molecule has 1 aliphatic rings. The molecule has 1 atom stereocenters. The molecule has 0 aromatic heterocycles. The van der Waals surface area contributed by atoms with E-state index >= 15 is 0 Å². The van der Waals surface area contributed by atoms with Crippen molar-refractivity contribution < 1.29 is 27.8 Å². The molecule has 5 nitrogen and oxygen atoms in total. The van der Waals surface area contributed by atoms with Gasteiger partial charge in [-0.15, -0.1) is 0 Å². The molecule has 1 fully saturated rings. The van der Waals surface area contributed by atoms with E-state index in [1.807, 2.05) is 0 Å². The second-order valence-electron chi connectivity index (χ2n) is 5.39. The maximum Gasteiger partial charge on any atom is 0.390 e. The van der Waals surface area contributed by atoms with E-state index < -0.39 is 18.6 Å². The Hall–Kier alpha value is -1.67. The van der Waals surface area contributed by atoms with Crippen molar-refractivity contribution in [3.63, 3.8) is 0 Å². The minimum absolute atomic E-state index is 0.117. The summed E-state index contributed by atoms with van der Waals surface area (Å²) >= 11 is 0. The molecule has 1 aromatic carbocycles. The molecule has 0 unspecified atom stereocenters. The largest absolute Gasteiger partial charge is 0.508 e. The maximum absolute atomic E-state index is 13.1. The summed E-state index contributed by atoms with van der Waals surface area (Å²) in [7, 11) is 2.72. The Balaban J connectivity index is 2.48. The first kappa shape index (κ1) is 17.7. The fourth-order valence-electron chi connectivity index (χ4n) is 2.88. The van der Waals surface area contributed by atoms with Gasteiger partial charge < -0.3 is 19.9 Å². The van der Waals surface area contributed by atoms with Gasteiger partial charge in [-0.25, -0.2) is 0 Å². The van der Waals surface area contributed by atoms with Crippen LogP contribution in [0.15, 0.2) is 12.1 Å². The molecule has 1 heterocycles. The number of methoxy groups -OCH3 is 2. The van der Waals surface area contributed by atoms with Gasteiger partial charge >= 0.3 is 6.18 Å². The highest BCUT2D eigenvalue weighted by molar-refractivity contribution is 5.52. The molecule has 1 saturated heterocycles. The van der Waals surface area contributed by atoms with Crippen LogP contribution in [0.4, 0.5) is 13.2 Å². The normalized spacial score (nSPS) is 17.8. The average Bonchev–Trinajstić information content (AvgIpc) is 2.52. The number of alkyl halides is 3. The van der Waals surface area contributed by atoms with Crippen LogP contribution < -0.4 is 14.8 Å². The molecule has 0 radical (unpaired) electrons. The van der Waals surface area contributed by atoms with Crippen LogP contribution in [0.2, 0.25) is 0 Å². The van der Waals surface area contributed by atoms with Gasteiger partial charge in [0, 0.05) is 38.3 Å². The van der Waals surface area contributed by atoms with Crippen LogP contribution >= 0.6 is 0 Å². The number of hydrogen-bond acceptors (Lipinski definition) is 5. The van der Waals surface area contributed by atoms with Crippen molar-refractivity contribution >= 4 is 0 Å². The highest BCUT2D eigenvalue weighted by atomic mass is 19.4. The van der Waals surface area contributed by atoms with Crippen LogP contribution in [-0.2, 0) is 0 Å². The van der Waals surface area contributed by atoms with Gasteiger partial charge in [-0.1, -0.05) is 0 Å². The number of nitrogens with zero attached hydrogens (tertiary/aromatic N) is 1. The summed E-state index contributed by atoms with van der Waals surface area (Å²) in [5, 5.41) is 12.8. The van der Waals surface area contributed by atoms with Crippen LogP contribution in [0.3, 0.4) is 0 Å². The van der Waals surface area contributed by atoms with Gasteiger partial charge in [-0.2, -0.15) is 13.2 Å². The van der Waals surface area contributed by atoms with Gasteiger partial charge in [-0.3, -0.25) is 4.90 Å². The van der Waals surface area contributed by atoms with Crippen LogP contribution in [0.1, 0.15) is 18.0 Å². The van der Waals surface area contributed by atoms with Crippen LogP contribution in [0, 0.1) is 0 Å². The molecule has 2 N–H and O–H groups in total. The number of aromatic hydroxyl groups is 1. The fourth-order valence-corrected chi connectivity index (χ4v) is 2.88. The molecule has 2 rings (SSSR count). The third-order valence-electron chi connectivity index (χ3n) is 3.88. The number of piperazine rings is 1. The Labute approximate surface area is 133 Å². The maximum atomic E-state index is 13.1. The molecule has 1 aromatic rings. The number of hydrogen-bond donors (Lipinski definition) is 2. The Kier molecular flexibility index (Phi) is 5.59. The molecule has 0 spiro atoms. The number of phenols is 1. The van der Waals surface area contributed by atoms with Gasteiger partial charge in [0.2, 0.25) is 0 Å². The van der Waals surface area contributed by atoms with Crippen molar-refractivity contribution in [3.05, 3.63) is 17.7 Å². The minimum atomic E-state index is -4.33. The van der Waals surface area contributed by atoms with E-state index in [0.29, 0.717) is 31.7 Å². The molecule has 23 heavy (non-hydrogen) atoms. The van der Waals surface area contributed by atoms with Crippen LogP contribution in [-0.4, -0.2) is 56.6 Å². The van der Waals surface area contributed by atoms with E-state index in [0.717, 1.165) is 0 Å². The number of phenolic OH excluding ortho intramolecular Hbond substituents is 1. The Bertz CT molecular complexity index is 506. The van der Waals surface area contributed by atoms with Crippen LogP contribution in [0.5, 0.6) is 17.2 Å². The predicted molar refractivity (Wildman–Crippen MR) is 79.1 cm³/mol. The SMILES string of the molecule is COc1cc(O)cc(OC)c1[C@H](CC(F)(F)F)N1CCNCC1. The molecule has 0 bridgehead atoms. The van der Waals surface area contributed by atoms with Crippen molar-refractivity contribution in [1.82, 2.24) is 10.2 Å². The van der Waals surface area contributed by atoms with Crippen molar-refractivity contribution in [1.29, 1.82) is 0 Å². The van der Waals surface area contributed by atoms with E-state index in [9.17, 15) is 18.3 Å². The number of rotatable bonds is 5. The first-order valence-electron chi connectivity index (χ1n) is 7.32. The summed E-state index contributed by atoms with van der Waals surface area (Å²) in [6.45, 7) is 2.23. The van der Waals surface area contributed by atoms with Crippen molar-refractivity contribution in [2.45, 2.75) is 18.6 Å². The Morgan fingerprint density at radius 3 is 2.13 bits per heavy atom. The van der Waals surface area contributed by atoms with E-state index in [1.165, 1.54) is 26.4 Å². The lowest BCUT2D eigenvalue weighted by molar-refractivity contribution is -0.149. The topological polar surface area (TPSA) is 54.0 Å². The summed E-state index contributed by atoms with van der Waals surface area (Å²) in [6, 6.07) is 1.69. The second-order valence-corrected chi connectivity index (χ2v) is 5.39. The van der Waals surface area contributed by atoms with E-state index in [1.54, 1.807) is 4.90 Å². The predicted octanol–water partition coefficient (Wildman–Crippen LogP) is 2.31. The molecule has 130 valence electrons. The molecule has 8 heteroatoms. The standard InChI is InChI=1S/C15H21F3N2O3/c1-22-12-7-10(21)8-13(23-2)14(12)11(9-15(16,17)18)20-5-3-19-4-6-20/h7-8,11,19,21H,3-6,9H2,1-2H3/t11-/m0/s1. The van der Waals surface area contributed by atoms with E-state index in [4.69, 9.17) is 9.47 Å². The Morgan fingerprint density at radius 2 is 1.70 bits per heavy atom. The lowest BCUT2D eigenvalue weighted by atomic mass is 9.98. The molecule has 1 aliphatic heterocycles. The van der Waals surface area contributed by atoms with E-state index in [-0.39, 0.29) is 17.2 Å². The third-order valence-corrected chi connectivity index (χ3v) is 3.88. The number of benzene rings is 1. The van der Waals surface area contributed by atoms with Crippen molar-refractivity contribution in [3.8, 4) is 17.2 Å². The zero-order chi connectivity index (χ0) is 17.0. The monoisotopic (exact) mass is 334 g/mol. The third kappa shape index (κ3) is 4.42. The highest BCUT2D eigenvalue weighted by Gasteiger charge is 2.38. The van der Waals surface area contributed by atoms with Gasteiger partial charge in [0.1, 0.15) is 17.2 Å². The molecule has 0 amide bonds. The first-order valence-corrected chi connectivity index (χ1v) is 7.32. The molecule has 0 saturated carbocycles. The van der Waals surface area contributed by atoms with Gasteiger partial charge in [0.25, 0.3) is 0 Å². The zero-order valence-corrected chi connectivity index (χ0v) is 13.1. The summed E-state index contributed by atoms with van der Waals surface area (Å²) in [5.74, 6) is 0.262. The molecular weight excluding hydrogens is 313 g/mol. The number of halogens is 3. The van der Waals surface area contributed by atoms with Crippen molar-refractivity contribution in [2.24, 2.45) is 0 Å². The van der Waals surface area contributed by atoms with Gasteiger partial charge in [0.05, 0.1) is 32.2 Å². The zero-order valence-electron chi connectivity index (χ0n) is 13.1. The summed E-state index contributed by atoms with van der Waals surface area (Å²) in [4.78, 5) is 1.77. The summed E-state index contributed by atoms with van der Waals surface area (Å²) in [5.41, 5.74) is 0.312. The van der Waals surface area contributed by atoms with Gasteiger partial charge in [-0.05, 0) is 0 Å². The summed E-state index contributed by atoms with van der Waals surface area (Å²) in [6.07, 6.45) is -5.34. The van der Waals surface area contributed by atoms with E-state index in [2.05, 4.69) is 5.32 Å². The number of nitrogens with one attached hydrogen (secondary N) is 1. The van der Waals surface area contributed by atoms with Gasteiger partial charge in [0.15, 0.2) is 0 Å². The lowest BCUT2D eigenvalue weighted by Gasteiger charge is -2.36. The molecule has 0 aliphatic carbocycles. The Morgan fingerprint density at radius 1 is 1.17 bits per heavy atom. The molecular formula is C15H21F3N2O3. The first-order chi connectivity index (χ1) is 10.9. The van der Waals surface area contributed by atoms with Crippen molar-refractivity contribution in [2.75, 3.05) is 40.4 Å². The second kappa shape index (κ2) is 7.27. The quantitative estimate of drug-likeness (QED) is 0.865. The lowest BCUT2D eigenvalue weighted by Crippen LogP contribution is -2.46.